The van der Waals surface area contributed by atoms with Gasteiger partial charge in [0.1, 0.15) is 29.4 Å². The normalized spacial score (nSPS) is 10.6. The van der Waals surface area contributed by atoms with E-state index >= 15 is 0 Å². The zero-order valence-corrected chi connectivity index (χ0v) is 11.9. The number of benzene rings is 1. The smallest absolute Gasteiger partial charge is 0.352 e. The second kappa shape index (κ2) is 5.77. The van der Waals surface area contributed by atoms with E-state index < -0.39 is 5.97 Å². The zero-order valence-electron chi connectivity index (χ0n) is 11.9. The van der Waals surface area contributed by atoms with Crippen molar-refractivity contribution < 1.29 is 19.4 Å². The highest BCUT2D eigenvalue weighted by Gasteiger charge is 2.10. The minimum absolute atomic E-state index is 0.167. The largest absolute Gasteiger partial charge is 0.497 e. The summed E-state index contributed by atoms with van der Waals surface area (Å²) in [6, 6.07) is 12.2. The van der Waals surface area contributed by atoms with Gasteiger partial charge in [-0.05, 0) is 36.4 Å². The molecule has 6 nitrogen and oxygen atoms in total. The van der Waals surface area contributed by atoms with Gasteiger partial charge in [-0.15, -0.1) is 0 Å². The van der Waals surface area contributed by atoms with Gasteiger partial charge in [0.2, 0.25) is 0 Å². The number of imidazole rings is 1. The maximum absolute atomic E-state index is 11.2. The van der Waals surface area contributed by atoms with Gasteiger partial charge in [-0.1, -0.05) is 6.07 Å². The molecule has 2 heterocycles. The van der Waals surface area contributed by atoms with Crippen LogP contribution in [0.4, 0.5) is 0 Å². The topological polar surface area (TPSA) is 73.1 Å². The first-order chi connectivity index (χ1) is 10.7. The highest BCUT2D eigenvalue weighted by Crippen LogP contribution is 2.18. The van der Waals surface area contributed by atoms with E-state index in [1.54, 1.807) is 37.6 Å². The van der Waals surface area contributed by atoms with E-state index in [1.807, 2.05) is 12.1 Å². The number of aromatic carboxylic acids is 1. The van der Waals surface area contributed by atoms with Crippen molar-refractivity contribution in [1.82, 2.24) is 9.38 Å². The Labute approximate surface area is 126 Å². The molecule has 1 aromatic carbocycles. The predicted octanol–water partition coefficient (Wildman–Crippen LogP) is 2.62. The predicted molar refractivity (Wildman–Crippen MR) is 79.5 cm³/mol. The second-order valence-corrected chi connectivity index (χ2v) is 4.64. The molecule has 0 spiro atoms. The number of hydrogen-bond acceptors (Lipinski definition) is 4. The third kappa shape index (κ3) is 2.71. The van der Waals surface area contributed by atoms with Gasteiger partial charge in [0.25, 0.3) is 0 Å². The summed E-state index contributed by atoms with van der Waals surface area (Å²) in [5.74, 6) is 0.452. The molecule has 1 N–H and O–H groups in total. The Morgan fingerprint density at radius 2 is 1.91 bits per heavy atom. The molecule has 0 radical (unpaired) electrons. The van der Waals surface area contributed by atoms with Crippen LogP contribution in [0.1, 0.15) is 16.2 Å². The summed E-state index contributed by atoms with van der Waals surface area (Å²) in [5, 5.41) is 9.16. The minimum atomic E-state index is -0.995. The highest BCUT2D eigenvalue weighted by atomic mass is 16.5. The molecule has 0 aliphatic carbocycles. The molecule has 0 saturated carbocycles. The lowest BCUT2D eigenvalue weighted by molar-refractivity contribution is 0.0689. The van der Waals surface area contributed by atoms with Gasteiger partial charge in [0.05, 0.1) is 12.8 Å². The van der Waals surface area contributed by atoms with Gasteiger partial charge >= 0.3 is 5.97 Å². The summed E-state index contributed by atoms with van der Waals surface area (Å²) in [7, 11) is 1.60. The Morgan fingerprint density at radius 1 is 1.18 bits per heavy atom. The van der Waals surface area contributed by atoms with Crippen LogP contribution < -0.4 is 9.47 Å². The number of carboxylic acid groups (broad SMARTS) is 1. The molecule has 22 heavy (non-hydrogen) atoms. The molecule has 3 rings (SSSR count). The quantitative estimate of drug-likeness (QED) is 0.784. The average molecular weight is 298 g/mol. The van der Waals surface area contributed by atoms with Crippen molar-refractivity contribution in [2.24, 2.45) is 0 Å². The van der Waals surface area contributed by atoms with Crippen LogP contribution in [0, 0.1) is 0 Å². The number of fused-ring (bicyclic) bond motifs is 1. The van der Waals surface area contributed by atoms with Crippen molar-refractivity contribution in [3.8, 4) is 11.5 Å². The Balaban J connectivity index is 1.79. The number of ether oxygens (including phenoxy) is 2. The van der Waals surface area contributed by atoms with Crippen LogP contribution in [0.2, 0.25) is 0 Å². The molecular weight excluding hydrogens is 284 g/mol. The molecule has 0 unspecified atom stereocenters. The first-order valence-corrected chi connectivity index (χ1v) is 6.64. The third-order valence-electron chi connectivity index (χ3n) is 3.21. The summed E-state index contributed by atoms with van der Waals surface area (Å²) in [6.45, 7) is 0.257. The number of nitrogens with zero attached hydrogens (tertiary/aromatic N) is 2. The van der Waals surface area contributed by atoms with Gasteiger partial charge in [-0.2, -0.15) is 0 Å². The van der Waals surface area contributed by atoms with Crippen molar-refractivity contribution in [2.45, 2.75) is 6.61 Å². The van der Waals surface area contributed by atoms with Crippen molar-refractivity contribution in [2.75, 3.05) is 7.11 Å². The van der Waals surface area contributed by atoms with E-state index in [9.17, 15) is 4.79 Å². The Bertz CT molecular complexity index is 809. The third-order valence-corrected chi connectivity index (χ3v) is 3.21. The summed E-state index contributed by atoms with van der Waals surface area (Å²) in [5.41, 5.74) is 1.40. The van der Waals surface area contributed by atoms with Crippen LogP contribution in [-0.2, 0) is 6.61 Å². The Kier molecular flexibility index (Phi) is 3.65. The molecule has 0 saturated heterocycles. The van der Waals surface area contributed by atoms with E-state index in [4.69, 9.17) is 14.6 Å². The number of carboxylic acids is 1. The molecule has 0 amide bonds. The van der Waals surface area contributed by atoms with Gasteiger partial charge in [-0.3, -0.25) is 4.40 Å². The number of rotatable bonds is 5. The number of hydrogen-bond donors (Lipinski definition) is 1. The van der Waals surface area contributed by atoms with Crippen LogP contribution in [0.25, 0.3) is 5.65 Å². The lowest BCUT2D eigenvalue weighted by atomic mass is 10.3. The lowest BCUT2D eigenvalue weighted by Gasteiger charge is -2.05. The molecule has 0 aliphatic heterocycles. The van der Waals surface area contributed by atoms with E-state index in [2.05, 4.69) is 4.98 Å². The SMILES string of the molecule is COc1ccc(OCc2cn3c(C(=O)O)cccc3n2)cc1. The summed E-state index contributed by atoms with van der Waals surface area (Å²) < 4.78 is 12.3. The summed E-state index contributed by atoms with van der Waals surface area (Å²) in [4.78, 5) is 15.5. The number of pyridine rings is 1. The molecule has 0 bridgehead atoms. The molecule has 2 aromatic heterocycles. The number of methoxy groups -OCH3 is 1. The zero-order chi connectivity index (χ0) is 15.5. The van der Waals surface area contributed by atoms with Crippen molar-refractivity contribution in [1.29, 1.82) is 0 Å². The van der Waals surface area contributed by atoms with Crippen LogP contribution in [-0.4, -0.2) is 27.6 Å². The van der Waals surface area contributed by atoms with E-state index in [0.717, 1.165) is 5.75 Å². The Hall–Kier alpha value is -3.02. The van der Waals surface area contributed by atoms with Gasteiger partial charge in [-0.25, -0.2) is 9.78 Å². The van der Waals surface area contributed by atoms with Gasteiger partial charge < -0.3 is 14.6 Å². The molecule has 0 aliphatic rings. The van der Waals surface area contributed by atoms with E-state index in [0.29, 0.717) is 17.1 Å². The fourth-order valence-corrected chi connectivity index (χ4v) is 2.13. The fraction of sp³-hybridized carbons (Fsp3) is 0.125. The van der Waals surface area contributed by atoms with Crippen molar-refractivity contribution in [3.63, 3.8) is 0 Å². The van der Waals surface area contributed by atoms with Crippen molar-refractivity contribution in [3.05, 3.63) is 60.0 Å². The van der Waals surface area contributed by atoms with E-state index in [1.165, 1.54) is 10.5 Å². The van der Waals surface area contributed by atoms with Gasteiger partial charge in [0, 0.05) is 6.20 Å². The van der Waals surface area contributed by atoms with E-state index in [-0.39, 0.29) is 12.3 Å². The summed E-state index contributed by atoms with van der Waals surface area (Å²) in [6.07, 6.45) is 1.67. The monoisotopic (exact) mass is 298 g/mol. The van der Waals surface area contributed by atoms with Crippen LogP contribution in [0.3, 0.4) is 0 Å². The van der Waals surface area contributed by atoms with Crippen LogP contribution in [0.5, 0.6) is 11.5 Å². The molecule has 112 valence electrons. The maximum Gasteiger partial charge on any atom is 0.352 e. The van der Waals surface area contributed by atoms with Gasteiger partial charge in [0.15, 0.2) is 0 Å². The molecule has 6 heteroatoms. The standard InChI is InChI=1S/C16H14N2O4/c1-21-12-5-7-13(8-6-12)22-10-11-9-18-14(16(19)20)3-2-4-15(18)17-11/h2-9H,10H2,1H3,(H,19,20). The fourth-order valence-electron chi connectivity index (χ4n) is 2.13. The maximum atomic E-state index is 11.2. The molecular formula is C16H14N2O4. The average Bonchev–Trinajstić information content (AvgIpc) is 2.96. The molecule has 0 fully saturated rings. The summed E-state index contributed by atoms with van der Waals surface area (Å²) >= 11 is 0. The molecule has 0 atom stereocenters. The lowest BCUT2D eigenvalue weighted by Crippen LogP contribution is -2.03. The minimum Gasteiger partial charge on any atom is -0.497 e. The second-order valence-electron chi connectivity index (χ2n) is 4.64. The Morgan fingerprint density at radius 3 is 2.59 bits per heavy atom. The molecule has 3 aromatic rings. The number of aromatic nitrogens is 2. The first kappa shape index (κ1) is 13.9. The van der Waals surface area contributed by atoms with Crippen LogP contribution in [0.15, 0.2) is 48.7 Å². The number of carbonyl (C=O) groups is 1. The first-order valence-electron chi connectivity index (χ1n) is 6.64. The highest BCUT2D eigenvalue weighted by molar-refractivity contribution is 5.86. The van der Waals surface area contributed by atoms with Crippen LogP contribution >= 0.6 is 0 Å². The van der Waals surface area contributed by atoms with Crippen molar-refractivity contribution >= 4 is 11.6 Å².